The number of aryl methyl sites for hydroxylation is 2. The highest BCUT2D eigenvalue weighted by molar-refractivity contribution is 8.00. The summed E-state index contributed by atoms with van der Waals surface area (Å²) in [5, 5.41) is 2.87. The number of anilines is 2. The molecule has 1 aliphatic rings. The lowest BCUT2D eigenvalue weighted by Gasteiger charge is -2.26. The van der Waals surface area contributed by atoms with Crippen LogP contribution in [0.5, 0.6) is 0 Å². The molecule has 1 unspecified atom stereocenters. The fraction of sp³-hybridized carbons (Fsp3) is 0.167. The molecule has 1 saturated heterocycles. The first kappa shape index (κ1) is 19.3. The number of nitrogens with zero attached hydrogens (tertiary/aromatic N) is 1. The summed E-state index contributed by atoms with van der Waals surface area (Å²) in [7, 11) is 0. The van der Waals surface area contributed by atoms with Crippen molar-refractivity contribution in [2.75, 3.05) is 16.0 Å². The van der Waals surface area contributed by atoms with Crippen LogP contribution in [0.3, 0.4) is 0 Å². The van der Waals surface area contributed by atoms with Crippen LogP contribution in [0.1, 0.15) is 32.4 Å². The van der Waals surface area contributed by atoms with Crippen molar-refractivity contribution < 1.29 is 9.59 Å². The lowest BCUT2D eigenvalue weighted by Crippen LogP contribution is -2.28. The Labute approximate surface area is 174 Å². The van der Waals surface area contributed by atoms with Crippen molar-refractivity contribution in [1.29, 1.82) is 0 Å². The van der Waals surface area contributed by atoms with E-state index in [-0.39, 0.29) is 17.2 Å². The van der Waals surface area contributed by atoms with Crippen LogP contribution >= 0.6 is 11.8 Å². The van der Waals surface area contributed by atoms with Gasteiger partial charge in [0.15, 0.2) is 0 Å². The fourth-order valence-corrected chi connectivity index (χ4v) is 4.70. The average Bonchev–Trinajstić information content (AvgIpc) is 3.10. The molecule has 1 atom stereocenters. The number of carbonyl (C=O) groups excluding carboxylic acids is 2. The van der Waals surface area contributed by atoms with E-state index in [1.54, 1.807) is 11.8 Å². The van der Waals surface area contributed by atoms with Gasteiger partial charge in [-0.1, -0.05) is 54.1 Å². The van der Waals surface area contributed by atoms with E-state index in [0.29, 0.717) is 11.3 Å². The van der Waals surface area contributed by atoms with Gasteiger partial charge in [0.1, 0.15) is 5.37 Å². The highest BCUT2D eigenvalue weighted by Crippen LogP contribution is 2.44. The van der Waals surface area contributed by atoms with E-state index >= 15 is 0 Å². The Morgan fingerprint density at radius 1 is 0.966 bits per heavy atom. The maximum atomic E-state index is 12.9. The molecule has 0 aromatic heterocycles. The van der Waals surface area contributed by atoms with Gasteiger partial charge in [-0.2, -0.15) is 0 Å². The van der Waals surface area contributed by atoms with Gasteiger partial charge in [0.05, 0.1) is 5.75 Å². The van der Waals surface area contributed by atoms with Gasteiger partial charge >= 0.3 is 0 Å². The summed E-state index contributed by atoms with van der Waals surface area (Å²) < 4.78 is 0. The molecule has 3 aromatic carbocycles. The largest absolute Gasteiger partial charge is 0.322 e. The monoisotopic (exact) mass is 402 g/mol. The van der Waals surface area contributed by atoms with Crippen LogP contribution in [-0.2, 0) is 4.79 Å². The van der Waals surface area contributed by atoms with E-state index in [9.17, 15) is 9.59 Å². The molecule has 5 heteroatoms. The fourth-order valence-electron chi connectivity index (χ4n) is 3.48. The number of benzene rings is 3. The summed E-state index contributed by atoms with van der Waals surface area (Å²) in [5.74, 6) is 0.342. The maximum Gasteiger partial charge on any atom is 0.255 e. The number of nitrogens with one attached hydrogen (secondary N) is 1. The first-order valence-electron chi connectivity index (χ1n) is 9.51. The number of carbonyl (C=O) groups is 2. The number of hydrogen-bond donors (Lipinski definition) is 1. The number of amides is 2. The molecule has 2 amide bonds. The number of thioether (sulfide) groups is 1. The van der Waals surface area contributed by atoms with Gasteiger partial charge in [-0.25, -0.2) is 0 Å². The molecule has 1 aliphatic heterocycles. The topological polar surface area (TPSA) is 49.4 Å². The first-order chi connectivity index (χ1) is 14.0. The van der Waals surface area contributed by atoms with Gasteiger partial charge in [0, 0.05) is 22.5 Å². The Morgan fingerprint density at radius 3 is 2.41 bits per heavy atom. The molecule has 0 saturated carbocycles. The van der Waals surface area contributed by atoms with Crippen LogP contribution in [0.25, 0.3) is 0 Å². The van der Waals surface area contributed by atoms with E-state index in [1.807, 2.05) is 91.5 Å². The molecular formula is C24H22N2O2S. The van der Waals surface area contributed by atoms with Crippen LogP contribution in [-0.4, -0.2) is 17.6 Å². The standard InChI is InChI=1S/C24H22N2O2S/c1-16-11-13-18(14-12-16)26-22(27)15-29-24(26)20-9-5-6-10-21(20)25-23(28)19-8-4-3-7-17(19)2/h3-14,24H,15H2,1-2H3,(H,25,28). The van der Waals surface area contributed by atoms with Crippen molar-refractivity contribution in [3.05, 3.63) is 95.1 Å². The van der Waals surface area contributed by atoms with Crippen molar-refractivity contribution in [3.8, 4) is 0 Å². The minimum Gasteiger partial charge on any atom is -0.322 e. The minimum absolute atomic E-state index is 0.0730. The van der Waals surface area contributed by atoms with E-state index < -0.39 is 0 Å². The second-order valence-electron chi connectivity index (χ2n) is 7.12. The summed E-state index contributed by atoms with van der Waals surface area (Å²) in [4.78, 5) is 27.3. The second kappa shape index (κ2) is 8.13. The molecular weight excluding hydrogens is 380 g/mol. The Morgan fingerprint density at radius 2 is 1.66 bits per heavy atom. The van der Waals surface area contributed by atoms with Crippen molar-refractivity contribution in [2.24, 2.45) is 0 Å². The molecule has 4 rings (SSSR count). The minimum atomic E-state index is -0.182. The predicted molar refractivity (Wildman–Crippen MR) is 119 cm³/mol. The molecule has 0 spiro atoms. The third-order valence-electron chi connectivity index (χ3n) is 5.04. The zero-order valence-corrected chi connectivity index (χ0v) is 17.2. The summed E-state index contributed by atoms with van der Waals surface area (Å²) in [6.45, 7) is 3.95. The van der Waals surface area contributed by atoms with Crippen LogP contribution in [0, 0.1) is 13.8 Å². The third-order valence-corrected chi connectivity index (χ3v) is 6.24. The second-order valence-corrected chi connectivity index (χ2v) is 8.19. The summed E-state index contributed by atoms with van der Waals surface area (Å²) in [6, 6.07) is 23.2. The van der Waals surface area contributed by atoms with Gasteiger partial charge in [0.2, 0.25) is 5.91 Å². The zero-order chi connectivity index (χ0) is 20.4. The SMILES string of the molecule is Cc1ccc(N2C(=O)CSC2c2ccccc2NC(=O)c2ccccc2C)cc1. The summed E-state index contributed by atoms with van der Waals surface area (Å²) in [5.41, 5.74) is 5.24. The first-order valence-corrected chi connectivity index (χ1v) is 10.6. The highest BCUT2D eigenvalue weighted by atomic mass is 32.2. The van der Waals surface area contributed by atoms with Gasteiger partial charge < -0.3 is 5.32 Å². The third kappa shape index (κ3) is 3.91. The van der Waals surface area contributed by atoms with Gasteiger partial charge in [-0.05, 0) is 43.7 Å². The van der Waals surface area contributed by atoms with Crippen molar-refractivity contribution in [2.45, 2.75) is 19.2 Å². The van der Waals surface area contributed by atoms with Crippen LogP contribution in [0.2, 0.25) is 0 Å². The number of hydrogen-bond acceptors (Lipinski definition) is 3. The molecule has 29 heavy (non-hydrogen) atoms. The normalized spacial score (nSPS) is 16.1. The van der Waals surface area contributed by atoms with E-state index in [4.69, 9.17) is 0 Å². The van der Waals surface area contributed by atoms with Crippen LogP contribution < -0.4 is 10.2 Å². The Hall–Kier alpha value is -3.05. The quantitative estimate of drug-likeness (QED) is 0.641. The lowest BCUT2D eigenvalue weighted by molar-refractivity contribution is -0.115. The van der Waals surface area contributed by atoms with Gasteiger partial charge in [0.25, 0.3) is 5.91 Å². The lowest BCUT2D eigenvalue weighted by atomic mass is 10.1. The van der Waals surface area contributed by atoms with Crippen LogP contribution in [0.15, 0.2) is 72.8 Å². The summed E-state index contributed by atoms with van der Waals surface area (Å²) >= 11 is 1.58. The number of para-hydroxylation sites is 1. The van der Waals surface area contributed by atoms with Gasteiger partial charge in [-0.3, -0.25) is 14.5 Å². The zero-order valence-electron chi connectivity index (χ0n) is 16.4. The molecule has 0 aliphatic carbocycles. The molecule has 0 radical (unpaired) electrons. The molecule has 1 heterocycles. The van der Waals surface area contributed by atoms with Crippen molar-refractivity contribution in [3.63, 3.8) is 0 Å². The van der Waals surface area contributed by atoms with Crippen LogP contribution in [0.4, 0.5) is 11.4 Å². The molecule has 0 bridgehead atoms. The summed E-state index contributed by atoms with van der Waals surface area (Å²) in [6.07, 6.45) is 0. The molecule has 1 fully saturated rings. The highest BCUT2D eigenvalue weighted by Gasteiger charge is 2.35. The Kier molecular flexibility index (Phi) is 5.41. The predicted octanol–water partition coefficient (Wildman–Crippen LogP) is 5.33. The van der Waals surface area contributed by atoms with E-state index in [2.05, 4.69) is 5.32 Å². The van der Waals surface area contributed by atoms with Crippen molar-refractivity contribution in [1.82, 2.24) is 0 Å². The van der Waals surface area contributed by atoms with Gasteiger partial charge in [-0.15, -0.1) is 11.8 Å². The van der Waals surface area contributed by atoms with E-state index in [1.165, 1.54) is 0 Å². The Bertz CT molecular complexity index is 1060. The van der Waals surface area contributed by atoms with E-state index in [0.717, 1.165) is 28.1 Å². The molecule has 4 nitrogen and oxygen atoms in total. The molecule has 3 aromatic rings. The molecule has 1 N–H and O–H groups in total. The average molecular weight is 403 g/mol. The number of rotatable bonds is 4. The molecule has 146 valence electrons. The maximum absolute atomic E-state index is 12.9. The Balaban J connectivity index is 1.67. The van der Waals surface area contributed by atoms with Crippen molar-refractivity contribution >= 4 is 35.0 Å². The smallest absolute Gasteiger partial charge is 0.255 e.